The Bertz CT molecular complexity index is 445. The maximum absolute atomic E-state index is 11.1. The minimum absolute atomic E-state index is 0.407. The average Bonchev–Trinajstić information content (AvgIpc) is 3.00. The first-order chi connectivity index (χ1) is 9.24. The van der Waals surface area contributed by atoms with Crippen molar-refractivity contribution >= 4 is 0 Å². The number of hydrogen-bond donors (Lipinski definition) is 1. The first-order valence-electron chi connectivity index (χ1n) is 7.17. The van der Waals surface area contributed by atoms with E-state index in [0.717, 1.165) is 24.2 Å². The predicted octanol–water partition coefficient (Wildman–Crippen LogP) is 2.72. The molecule has 1 aromatic rings. The van der Waals surface area contributed by atoms with Crippen LogP contribution >= 0.6 is 0 Å². The van der Waals surface area contributed by atoms with Crippen molar-refractivity contribution in [1.82, 2.24) is 0 Å². The van der Waals surface area contributed by atoms with Crippen molar-refractivity contribution in [2.45, 2.75) is 31.3 Å². The molecule has 2 fully saturated rings. The van der Waals surface area contributed by atoms with Crippen molar-refractivity contribution in [3.8, 4) is 5.75 Å². The van der Waals surface area contributed by atoms with Gasteiger partial charge in [-0.05, 0) is 43.6 Å². The van der Waals surface area contributed by atoms with E-state index < -0.39 is 5.60 Å². The van der Waals surface area contributed by atoms with Crippen LogP contribution in [0.4, 0.5) is 0 Å². The molecule has 0 spiro atoms. The van der Waals surface area contributed by atoms with Gasteiger partial charge in [0, 0.05) is 12.7 Å². The van der Waals surface area contributed by atoms with Crippen LogP contribution in [0.25, 0.3) is 0 Å². The lowest BCUT2D eigenvalue weighted by Gasteiger charge is -2.34. The summed E-state index contributed by atoms with van der Waals surface area (Å²) >= 11 is 0. The topological polar surface area (TPSA) is 38.7 Å². The predicted molar refractivity (Wildman–Crippen MR) is 73.2 cm³/mol. The number of para-hydroxylation sites is 1. The Labute approximate surface area is 114 Å². The number of ether oxygens (including phenoxy) is 2. The van der Waals surface area contributed by atoms with Gasteiger partial charge >= 0.3 is 0 Å². The minimum atomic E-state index is -0.674. The number of methoxy groups -OCH3 is 1. The highest BCUT2D eigenvalue weighted by atomic mass is 16.5. The molecule has 0 aliphatic heterocycles. The van der Waals surface area contributed by atoms with E-state index in [-0.39, 0.29) is 0 Å². The molecule has 3 nitrogen and oxygen atoms in total. The van der Waals surface area contributed by atoms with E-state index in [1.165, 1.54) is 12.8 Å². The van der Waals surface area contributed by atoms with Crippen molar-refractivity contribution < 1.29 is 14.6 Å². The molecule has 3 heteroatoms. The van der Waals surface area contributed by atoms with Crippen molar-refractivity contribution in [2.24, 2.45) is 11.8 Å². The van der Waals surface area contributed by atoms with Gasteiger partial charge in [-0.1, -0.05) is 18.2 Å². The van der Waals surface area contributed by atoms with E-state index in [2.05, 4.69) is 0 Å². The summed E-state index contributed by atoms with van der Waals surface area (Å²) in [7, 11) is 1.67. The molecule has 0 aromatic heterocycles. The smallest absolute Gasteiger partial charge is 0.125 e. The molecular weight excluding hydrogens is 240 g/mol. The van der Waals surface area contributed by atoms with Crippen LogP contribution in [0.15, 0.2) is 24.3 Å². The van der Waals surface area contributed by atoms with Crippen LogP contribution < -0.4 is 4.74 Å². The fourth-order valence-corrected chi connectivity index (χ4v) is 3.82. The molecule has 3 unspecified atom stereocenters. The summed E-state index contributed by atoms with van der Waals surface area (Å²) in [5.74, 6) is 1.92. The molecule has 1 N–H and O–H groups in total. The molecule has 0 saturated heterocycles. The Hall–Kier alpha value is -1.06. The molecule has 0 amide bonds. The number of rotatable bonds is 5. The van der Waals surface area contributed by atoms with Crippen molar-refractivity contribution in [1.29, 1.82) is 0 Å². The fourth-order valence-electron chi connectivity index (χ4n) is 3.82. The second kappa shape index (κ2) is 5.14. The quantitative estimate of drug-likeness (QED) is 0.829. The molecule has 19 heavy (non-hydrogen) atoms. The summed E-state index contributed by atoms with van der Waals surface area (Å²) in [4.78, 5) is 0. The Morgan fingerprint density at radius 2 is 2.11 bits per heavy atom. The zero-order valence-electron chi connectivity index (χ0n) is 11.5. The molecule has 2 bridgehead atoms. The number of fused-ring (bicyclic) bond motifs is 2. The summed E-state index contributed by atoms with van der Waals surface area (Å²) in [5.41, 5.74) is 0.297. The largest absolute Gasteiger partial charge is 0.491 e. The highest BCUT2D eigenvalue weighted by molar-refractivity contribution is 5.40. The van der Waals surface area contributed by atoms with Gasteiger partial charge in [0.05, 0.1) is 12.2 Å². The first-order valence-corrected chi connectivity index (χ1v) is 7.17. The van der Waals surface area contributed by atoms with Crippen LogP contribution in [0, 0.1) is 11.8 Å². The van der Waals surface area contributed by atoms with Gasteiger partial charge in [0.1, 0.15) is 12.4 Å². The Morgan fingerprint density at radius 1 is 1.26 bits per heavy atom. The van der Waals surface area contributed by atoms with Crippen LogP contribution in [-0.2, 0) is 10.3 Å². The molecule has 2 aliphatic carbocycles. The number of hydrogen-bond acceptors (Lipinski definition) is 3. The molecule has 0 heterocycles. The van der Waals surface area contributed by atoms with Gasteiger partial charge in [-0.3, -0.25) is 0 Å². The van der Waals surface area contributed by atoms with Gasteiger partial charge in [-0.2, -0.15) is 0 Å². The molecule has 104 valence electrons. The van der Waals surface area contributed by atoms with Crippen molar-refractivity contribution in [3.05, 3.63) is 29.8 Å². The molecule has 0 radical (unpaired) electrons. The van der Waals surface area contributed by atoms with Gasteiger partial charge in [-0.25, -0.2) is 0 Å². The number of aliphatic hydroxyl groups is 1. The lowest BCUT2D eigenvalue weighted by Crippen LogP contribution is -2.32. The van der Waals surface area contributed by atoms with Crippen LogP contribution in [0.3, 0.4) is 0 Å². The molecule has 2 aliphatic rings. The van der Waals surface area contributed by atoms with Gasteiger partial charge in [-0.15, -0.1) is 0 Å². The summed E-state index contributed by atoms with van der Waals surface area (Å²) in [6.45, 7) is 1.09. The van der Waals surface area contributed by atoms with Crippen molar-refractivity contribution in [3.63, 3.8) is 0 Å². The van der Waals surface area contributed by atoms with E-state index in [0.29, 0.717) is 25.0 Å². The summed E-state index contributed by atoms with van der Waals surface area (Å²) in [6.07, 6.45) is 4.48. The zero-order chi connectivity index (χ0) is 13.3. The summed E-state index contributed by atoms with van der Waals surface area (Å²) in [6, 6.07) is 7.92. The Morgan fingerprint density at radius 3 is 2.79 bits per heavy atom. The lowest BCUT2D eigenvalue weighted by molar-refractivity contribution is -0.0208. The minimum Gasteiger partial charge on any atom is -0.491 e. The van der Waals surface area contributed by atoms with Gasteiger partial charge < -0.3 is 14.6 Å². The van der Waals surface area contributed by atoms with Crippen LogP contribution in [0.2, 0.25) is 0 Å². The first kappa shape index (κ1) is 12.9. The maximum Gasteiger partial charge on any atom is 0.125 e. The third-order valence-electron chi connectivity index (χ3n) is 4.71. The van der Waals surface area contributed by atoms with Crippen molar-refractivity contribution in [2.75, 3.05) is 20.3 Å². The average molecular weight is 262 g/mol. The third kappa shape index (κ3) is 2.26. The molecule has 3 atom stereocenters. The molecular formula is C16H22O3. The third-order valence-corrected chi connectivity index (χ3v) is 4.71. The van der Waals surface area contributed by atoms with Gasteiger partial charge in [0.2, 0.25) is 0 Å². The van der Waals surface area contributed by atoms with E-state index >= 15 is 0 Å². The van der Waals surface area contributed by atoms with E-state index in [4.69, 9.17) is 9.47 Å². The zero-order valence-corrected chi connectivity index (χ0v) is 11.5. The summed E-state index contributed by atoms with van der Waals surface area (Å²) in [5, 5.41) is 11.1. The highest BCUT2D eigenvalue weighted by Crippen LogP contribution is 2.56. The van der Waals surface area contributed by atoms with E-state index in [1.54, 1.807) is 7.11 Å². The Balaban J connectivity index is 1.84. The highest BCUT2D eigenvalue weighted by Gasteiger charge is 2.51. The SMILES string of the molecule is COCCOc1ccccc1C1(O)CC2CCC1C2. The molecule has 1 aromatic carbocycles. The van der Waals surface area contributed by atoms with E-state index in [1.807, 2.05) is 24.3 Å². The van der Waals surface area contributed by atoms with Crippen LogP contribution in [-0.4, -0.2) is 25.4 Å². The monoisotopic (exact) mass is 262 g/mol. The standard InChI is InChI=1S/C16H22O3/c1-18-8-9-19-15-5-3-2-4-14(15)16(17)11-12-6-7-13(16)10-12/h2-5,12-13,17H,6-11H2,1H3. The lowest BCUT2D eigenvalue weighted by atomic mass is 9.78. The summed E-state index contributed by atoms with van der Waals surface area (Å²) < 4.78 is 10.8. The second-order valence-corrected chi connectivity index (χ2v) is 5.84. The normalized spacial score (nSPS) is 32.7. The van der Waals surface area contributed by atoms with E-state index in [9.17, 15) is 5.11 Å². The van der Waals surface area contributed by atoms with Gasteiger partial charge in [0.25, 0.3) is 0 Å². The molecule has 3 rings (SSSR count). The second-order valence-electron chi connectivity index (χ2n) is 5.84. The fraction of sp³-hybridized carbons (Fsp3) is 0.625. The maximum atomic E-state index is 11.1. The van der Waals surface area contributed by atoms with Crippen LogP contribution in [0.5, 0.6) is 5.75 Å². The number of benzene rings is 1. The van der Waals surface area contributed by atoms with Crippen LogP contribution in [0.1, 0.15) is 31.2 Å². The van der Waals surface area contributed by atoms with Gasteiger partial charge in [0.15, 0.2) is 0 Å². The molecule has 2 saturated carbocycles. The Kier molecular flexibility index (Phi) is 3.50.